The van der Waals surface area contributed by atoms with Gasteiger partial charge in [0.2, 0.25) is 0 Å². The Morgan fingerprint density at radius 3 is 1.88 bits per heavy atom. The van der Waals surface area contributed by atoms with Gasteiger partial charge in [-0.2, -0.15) is 0 Å². The SMILES string of the molecule is COC(=O)C1C2OC(=O)C1[C@@H](C(=O)O)[C@@H](OC1OC(COC(C)=O)C(OC(C)=O)C(OC(C)=O)C1OC(C)=O)[C@@H]2O. The minimum Gasteiger partial charge on any atom is -0.481 e. The van der Waals surface area contributed by atoms with Crippen LogP contribution in [-0.2, 0) is 71.5 Å². The van der Waals surface area contributed by atoms with E-state index in [2.05, 4.69) is 4.74 Å². The third-order valence-corrected chi connectivity index (χ3v) is 6.68. The molecule has 2 bridgehead atoms. The average molecular weight is 590 g/mol. The average Bonchev–Trinajstić information content (AvgIpc) is 3.15. The van der Waals surface area contributed by atoms with Crippen molar-refractivity contribution in [3.63, 3.8) is 0 Å². The van der Waals surface area contributed by atoms with E-state index in [0.717, 1.165) is 34.8 Å². The standard InChI is InChI=1S/C24H30O17/c1-7(25)35-6-11-16(36-8(2)26)19(37-9(3)27)20(38-10(4)28)24(39-11)41-17-13(21(30)31)12-14(22(32)34-5)18(15(17)29)40-23(12)33/h11-20,24,29H,6H2,1-5H3,(H,30,31)/t11?,12?,13-,14?,15+,16?,17-,18?,19?,20?,24?/m1/s1. The van der Waals surface area contributed by atoms with Crippen molar-refractivity contribution in [3.05, 3.63) is 0 Å². The maximum atomic E-state index is 12.6. The van der Waals surface area contributed by atoms with E-state index in [1.165, 1.54) is 0 Å². The van der Waals surface area contributed by atoms with Crippen molar-refractivity contribution in [3.8, 4) is 0 Å². The zero-order valence-electron chi connectivity index (χ0n) is 22.6. The highest BCUT2D eigenvalue weighted by Crippen LogP contribution is 2.46. The van der Waals surface area contributed by atoms with Crippen molar-refractivity contribution in [1.29, 1.82) is 0 Å². The van der Waals surface area contributed by atoms with Crippen LogP contribution < -0.4 is 0 Å². The molecule has 17 heteroatoms. The number of methoxy groups -OCH3 is 1. The first-order valence-corrected chi connectivity index (χ1v) is 12.3. The lowest BCUT2D eigenvalue weighted by Crippen LogP contribution is -2.65. The van der Waals surface area contributed by atoms with Crippen molar-refractivity contribution in [2.24, 2.45) is 17.8 Å². The van der Waals surface area contributed by atoms with Crippen LogP contribution in [0.3, 0.4) is 0 Å². The van der Waals surface area contributed by atoms with Gasteiger partial charge in [0.15, 0.2) is 24.6 Å². The van der Waals surface area contributed by atoms with E-state index in [-0.39, 0.29) is 0 Å². The molecule has 1 aliphatic carbocycles. The summed E-state index contributed by atoms with van der Waals surface area (Å²) >= 11 is 0. The number of aliphatic hydroxyl groups excluding tert-OH is 1. The van der Waals surface area contributed by atoms with Gasteiger partial charge in [-0.3, -0.25) is 33.6 Å². The number of hydrogen-bond donors (Lipinski definition) is 2. The first-order chi connectivity index (χ1) is 19.2. The van der Waals surface area contributed by atoms with Gasteiger partial charge >= 0.3 is 41.8 Å². The summed E-state index contributed by atoms with van der Waals surface area (Å²) in [4.78, 5) is 84.8. The topological polar surface area (TPSA) is 234 Å². The Balaban J connectivity index is 2.06. The number of carboxylic acids is 1. The second-order valence-electron chi connectivity index (χ2n) is 9.50. The molecule has 3 fully saturated rings. The predicted molar refractivity (Wildman–Crippen MR) is 123 cm³/mol. The van der Waals surface area contributed by atoms with Gasteiger partial charge in [0.05, 0.1) is 18.9 Å². The van der Waals surface area contributed by atoms with Gasteiger partial charge in [-0.1, -0.05) is 0 Å². The number of rotatable bonds is 9. The zero-order chi connectivity index (χ0) is 30.8. The highest BCUT2D eigenvalue weighted by Gasteiger charge is 2.66. The number of hydrogen-bond acceptors (Lipinski definition) is 16. The summed E-state index contributed by atoms with van der Waals surface area (Å²) in [6.07, 6.45) is -13.5. The predicted octanol–water partition coefficient (Wildman–Crippen LogP) is -2.14. The third-order valence-electron chi connectivity index (χ3n) is 6.68. The maximum absolute atomic E-state index is 12.6. The van der Waals surface area contributed by atoms with Crippen LogP contribution in [0.1, 0.15) is 27.7 Å². The summed E-state index contributed by atoms with van der Waals surface area (Å²) in [5, 5.41) is 21.1. The highest BCUT2D eigenvalue weighted by atomic mass is 16.7. The third kappa shape index (κ3) is 6.74. The quantitative estimate of drug-likeness (QED) is 0.215. The lowest BCUT2D eigenvalue weighted by molar-refractivity contribution is -0.330. The van der Waals surface area contributed by atoms with E-state index in [9.17, 15) is 43.8 Å². The Kier molecular flexibility index (Phi) is 9.88. The summed E-state index contributed by atoms with van der Waals surface area (Å²) in [6, 6.07) is 0. The molecular formula is C24H30O17. The summed E-state index contributed by atoms with van der Waals surface area (Å²) in [5.41, 5.74) is 0. The van der Waals surface area contributed by atoms with Gasteiger partial charge in [0.25, 0.3) is 0 Å². The molecule has 41 heavy (non-hydrogen) atoms. The second kappa shape index (κ2) is 12.8. The molecule has 2 heterocycles. The van der Waals surface area contributed by atoms with Crippen LogP contribution in [-0.4, -0.2) is 115 Å². The molecule has 0 aromatic heterocycles. The first-order valence-electron chi connectivity index (χ1n) is 12.3. The smallest absolute Gasteiger partial charge is 0.313 e. The maximum Gasteiger partial charge on any atom is 0.313 e. The molecule has 3 rings (SSSR count). The molecule has 0 amide bonds. The van der Waals surface area contributed by atoms with Crippen LogP contribution in [0, 0.1) is 17.8 Å². The van der Waals surface area contributed by atoms with E-state index in [1.807, 2.05) is 0 Å². The van der Waals surface area contributed by atoms with Gasteiger partial charge in [-0.25, -0.2) is 0 Å². The molecular weight excluding hydrogens is 560 g/mol. The highest BCUT2D eigenvalue weighted by molar-refractivity contribution is 5.91. The van der Waals surface area contributed by atoms with Crippen LogP contribution >= 0.6 is 0 Å². The molecule has 0 radical (unpaired) electrons. The van der Waals surface area contributed by atoms with Crippen LogP contribution in [0.2, 0.25) is 0 Å². The summed E-state index contributed by atoms with van der Waals surface area (Å²) in [7, 11) is 1.01. The second-order valence-corrected chi connectivity index (χ2v) is 9.50. The molecule has 8 unspecified atom stereocenters. The van der Waals surface area contributed by atoms with Gasteiger partial charge in [0, 0.05) is 27.7 Å². The summed E-state index contributed by atoms with van der Waals surface area (Å²) in [5.74, 6) is -12.3. The number of carboxylic acid groups (broad SMARTS) is 1. The van der Waals surface area contributed by atoms with Gasteiger partial charge < -0.3 is 48.1 Å². The molecule has 0 spiro atoms. The molecule has 2 aliphatic heterocycles. The Bertz CT molecular complexity index is 1090. The Morgan fingerprint density at radius 2 is 1.37 bits per heavy atom. The number of aliphatic hydroxyl groups is 1. The number of carbonyl (C=O) groups excluding carboxylic acids is 6. The van der Waals surface area contributed by atoms with Crippen molar-refractivity contribution < 1.29 is 81.7 Å². The largest absolute Gasteiger partial charge is 0.481 e. The number of carbonyl (C=O) groups is 7. The minimum absolute atomic E-state index is 0.593. The lowest BCUT2D eigenvalue weighted by atomic mass is 9.69. The minimum atomic E-state index is -1.94. The molecule has 0 aromatic carbocycles. The Labute approximate surface area is 232 Å². The van der Waals surface area contributed by atoms with Crippen LogP contribution in [0.5, 0.6) is 0 Å². The zero-order valence-corrected chi connectivity index (χ0v) is 22.6. The molecule has 1 saturated carbocycles. The number of ether oxygens (including phenoxy) is 8. The van der Waals surface area contributed by atoms with E-state index < -0.39 is 115 Å². The Morgan fingerprint density at radius 1 is 0.805 bits per heavy atom. The van der Waals surface area contributed by atoms with Crippen molar-refractivity contribution in [2.75, 3.05) is 13.7 Å². The summed E-state index contributed by atoms with van der Waals surface area (Å²) < 4.78 is 42.2. The normalized spacial score (nSPS) is 35.9. The van der Waals surface area contributed by atoms with Gasteiger partial charge in [-0.05, 0) is 0 Å². The molecule has 2 N–H and O–H groups in total. The number of fused-ring (bicyclic) bond motifs is 2. The van der Waals surface area contributed by atoms with E-state index in [1.54, 1.807) is 0 Å². The fourth-order valence-corrected chi connectivity index (χ4v) is 5.22. The molecule has 3 aliphatic rings. The van der Waals surface area contributed by atoms with E-state index in [4.69, 9.17) is 33.2 Å². The fraction of sp³-hybridized carbons (Fsp3) is 0.708. The van der Waals surface area contributed by atoms with Crippen molar-refractivity contribution in [1.82, 2.24) is 0 Å². The molecule has 17 nitrogen and oxygen atoms in total. The van der Waals surface area contributed by atoms with E-state index >= 15 is 0 Å². The molecule has 11 atom stereocenters. The summed E-state index contributed by atoms with van der Waals surface area (Å²) in [6.45, 7) is 3.49. The molecule has 0 aromatic rings. The van der Waals surface area contributed by atoms with Crippen molar-refractivity contribution in [2.45, 2.75) is 76.7 Å². The van der Waals surface area contributed by atoms with Crippen molar-refractivity contribution >= 4 is 41.8 Å². The Hall–Kier alpha value is -3.83. The van der Waals surface area contributed by atoms with Gasteiger partial charge in [0.1, 0.15) is 36.9 Å². The molecule has 2 saturated heterocycles. The van der Waals surface area contributed by atoms with E-state index in [0.29, 0.717) is 0 Å². The van der Waals surface area contributed by atoms with Crippen LogP contribution in [0.15, 0.2) is 0 Å². The lowest BCUT2D eigenvalue weighted by Gasteiger charge is -2.46. The number of aliphatic carboxylic acids is 1. The molecule has 228 valence electrons. The number of esters is 6. The first kappa shape index (κ1) is 31.7. The van der Waals surface area contributed by atoms with Gasteiger partial charge in [-0.15, -0.1) is 0 Å². The fourth-order valence-electron chi connectivity index (χ4n) is 5.22. The monoisotopic (exact) mass is 590 g/mol. The van der Waals surface area contributed by atoms with Crippen LogP contribution in [0.25, 0.3) is 0 Å². The van der Waals surface area contributed by atoms with Crippen LogP contribution in [0.4, 0.5) is 0 Å².